The number of ether oxygens (including phenoxy) is 3. The fourth-order valence-electron chi connectivity index (χ4n) is 3.03. The lowest BCUT2D eigenvalue weighted by Crippen LogP contribution is -2.36. The number of primary amides is 1. The van der Waals surface area contributed by atoms with E-state index in [-0.39, 0.29) is 21.9 Å². The van der Waals surface area contributed by atoms with E-state index in [1.54, 1.807) is 12.1 Å². The molecule has 0 spiro atoms. The number of methoxy groups -OCH3 is 2. The van der Waals surface area contributed by atoms with Crippen molar-refractivity contribution in [3.63, 3.8) is 0 Å². The van der Waals surface area contributed by atoms with Gasteiger partial charge in [-0.15, -0.1) is 0 Å². The Kier molecular flexibility index (Phi) is 6.14. The van der Waals surface area contributed by atoms with Gasteiger partial charge in [0.25, 0.3) is 15.9 Å². The highest BCUT2D eigenvalue weighted by Gasteiger charge is 2.21. The van der Waals surface area contributed by atoms with Crippen LogP contribution in [0.1, 0.15) is 10.4 Å². The lowest BCUT2D eigenvalue weighted by molar-refractivity contribution is 0.100. The number of carbonyl (C=O) groups excluding carboxylic acids is 1. The van der Waals surface area contributed by atoms with E-state index in [1.807, 2.05) is 4.90 Å². The Morgan fingerprint density at radius 2 is 1.76 bits per heavy atom. The van der Waals surface area contributed by atoms with Crippen LogP contribution in [0.4, 0.5) is 11.4 Å². The Balaban J connectivity index is 1.93. The molecular formula is C19H23N3O6S. The zero-order chi connectivity index (χ0) is 21.0. The summed E-state index contributed by atoms with van der Waals surface area (Å²) >= 11 is 0. The number of sulfonamides is 1. The predicted octanol–water partition coefficient (Wildman–Crippen LogP) is 1.44. The Morgan fingerprint density at radius 1 is 1.07 bits per heavy atom. The SMILES string of the molecule is COc1ccc(S(=O)(=O)Nc2ccc(N3CCOCC3)cc2C(N)=O)cc1OC. The van der Waals surface area contributed by atoms with Crippen molar-refractivity contribution in [3.8, 4) is 11.5 Å². The van der Waals surface area contributed by atoms with Gasteiger partial charge in [0.1, 0.15) is 0 Å². The third-order valence-electron chi connectivity index (χ3n) is 4.55. The van der Waals surface area contributed by atoms with Crippen LogP contribution in [0.15, 0.2) is 41.3 Å². The van der Waals surface area contributed by atoms with Gasteiger partial charge in [-0.3, -0.25) is 9.52 Å². The van der Waals surface area contributed by atoms with Gasteiger partial charge < -0.3 is 24.8 Å². The average Bonchev–Trinajstić information content (AvgIpc) is 2.73. The van der Waals surface area contributed by atoms with E-state index in [4.69, 9.17) is 19.9 Å². The first kappa shape index (κ1) is 20.7. The minimum absolute atomic E-state index is 0.0390. The van der Waals surface area contributed by atoms with Crippen molar-refractivity contribution in [1.82, 2.24) is 0 Å². The normalized spacial score (nSPS) is 14.3. The van der Waals surface area contributed by atoms with Crippen LogP contribution >= 0.6 is 0 Å². The average molecular weight is 421 g/mol. The third-order valence-corrected chi connectivity index (χ3v) is 5.92. The molecule has 1 aliphatic rings. The molecule has 3 N–H and O–H groups in total. The van der Waals surface area contributed by atoms with Crippen molar-refractivity contribution < 1.29 is 27.4 Å². The quantitative estimate of drug-likeness (QED) is 0.694. The fourth-order valence-corrected chi connectivity index (χ4v) is 4.13. The largest absolute Gasteiger partial charge is 0.493 e. The van der Waals surface area contributed by atoms with E-state index in [2.05, 4.69) is 4.72 Å². The van der Waals surface area contributed by atoms with Crippen LogP contribution < -0.4 is 24.8 Å². The van der Waals surface area contributed by atoms with Gasteiger partial charge in [-0.25, -0.2) is 8.42 Å². The molecule has 2 aromatic rings. The van der Waals surface area contributed by atoms with E-state index < -0.39 is 15.9 Å². The molecule has 2 aromatic carbocycles. The summed E-state index contributed by atoms with van der Waals surface area (Å²) < 4.78 is 43.7. The highest BCUT2D eigenvalue weighted by Crippen LogP contribution is 2.31. The molecule has 0 aliphatic carbocycles. The summed E-state index contributed by atoms with van der Waals surface area (Å²) in [4.78, 5) is 14.0. The zero-order valence-corrected chi connectivity index (χ0v) is 17.0. The topological polar surface area (TPSA) is 120 Å². The van der Waals surface area contributed by atoms with Gasteiger partial charge in [-0.1, -0.05) is 0 Å². The number of anilines is 2. The first-order chi connectivity index (χ1) is 13.9. The number of rotatable bonds is 7. The number of hydrogen-bond acceptors (Lipinski definition) is 7. The van der Waals surface area contributed by atoms with Crippen LogP contribution in [0, 0.1) is 0 Å². The molecule has 1 fully saturated rings. The predicted molar refractivity (Wildman–Crippen MR) is 108 cm³/mol. The zero-order valence-electron chi connectivity index (χ0n) is 16.2. The van der Waals surface area contributed by atoms with Gasteiger partial charge in [0.05, 0.1) is 43.6 Å². The first-order valence-corrected chi connectivity index (χ1v) is 10.4. The number of morpholine rings is 1. The van der Waals surface area contributed by atoms with Crippen molar-refractivity contribution in [2.45, 2.75) is 4.90 Å². The Labute approximate surface area is 169 Å². The number of hydrogen-bond donors (Lipinski definition) is 2. The summed E-state index contributed by atoms with van der Waals surface area (Å²) in [6.45, 7) is 2.52. The van der Waals surface area contributed by atoms with E-state index in [9.17, 15) is 13.2 Å². The molecule has 10 heteroatoms. The molecule has 0 bridgehead atoms. The molecule has 156 valence electrons. The first-order valence-electron chi connectivity index (χ1n) is 8.87. The second kappa shape index (κ2) is 8.58. The van der Waals surface area contributed by atoms with Gasteiger partial charge in [0.15, 0.2) is 11.5 Å². The van der Waals surface area contributed by atoms with E-state index in [0.29, 0.717) is 32.1 Å². The highest BCUT2D eigenvalue weighted by molar-refractivity contribution is 7.92. The van der Waals surface area contributed by atoms with Gasteiger partial charge in [0, 0.05) is 24.8 Å². The third kappa shape index (κ3) is 4.54. The van der Waals surface area contributed by atoms with Crippen molar-refractivity contribution >= 4 is 27.3 Å². The van der Waals surface area contributed by atoms with Gasteiger partial charge in [-0.05, 0) is 30.3 Å². The number of nitrogens with one attached hydrogen (secondary N) is 1. The molecule has 0 saturated carbocycles. The Morgan fingerprint density at radius 3 is 2.38 bits per heavy atom. The lowest BCUT2D eigenvalue weighted by atomic mass is 10.1. The van der Waals surface area contributed by atoms with E-state index in [0.717, 1.165) is 5.69 Å². The summed E-state index contributed by atoms with van der Waals surface area (Å²) in [7, 11) is -1.12. The summed E-state index contributed by atoms with van der Waals surface area (Å²) in [5, 5.41) is 0. The smallest absolute Gasteiger partial charge is 0.262 e. The monoisotopic (exact) mass is 421 g/mol. The second-order valence-electron chi connectivity index (χ2n) is 6.32. The second-order valence-corrected chi connectivity index (χ2v) is 8.00. The van der Waals surface area contributed by atoms with E-state index >= 15 is 0 Å². The van der Waals surface area contributed by atoms with Crippen molar-refractivity contribution in [2.75, 3.05) is 50.1 Å². The molecule has 0 aromatic heterocycles. The number of amides is 1. The molecular weight excluding hydrogens is 398 g/mol. The van der Waals surface area contributed by atoms with Crippen LogP contribution in [0.5, 0.6) is 11.5 Å². The minimum atomic E-state index is -3.99. The maximum atomic E-state index is 12.8. The minimum Gasteiger partial charge on any atom is -0.493 e. The molecule has 0 unspecified atom stereocenters. The molecule has 0 atom stereocenters. The molecule has 9 nitrogen and oxygen atoms in total. The van der Waals surface area contributed by atoms with Gasteiger partial charge in [-0.2, -0.15) is 0 Å². The summed E-state index contributed by atoms with van der Waals surface area (Å²) in [6.07, 6.45) is 0. The number of nitrogens with zero attached hydrogens (tertiary/aromatic N) is 1. The standard InChI is InChI=1S/C19H23N3O6S/c1-26-17-6-4-14(12-18(17)27-2)29(24,25)21-16-5-3-13(11-15(16)19(20)23)22-7-9-28-10-8-22/h3-6,11-12,21H,7-10H2,1-2H3,(H2,20,23). The summed E-state index contributed by atoms with van der Waals surface area (Å²) in [6, 6.07) is 9.07. The number of benzene rings is 2. The Hall–Kier alpha value is -2.98. The molecule has 0 radical (unpaired) electrons. The summed E-state index contributed by atoms with van der Waals surface area (Å²) in [5.41, 5.74) is 6.46. The maximum absolute atomic E-state index is 12.8. The lowest BCUT2D eigenvalue weighted by Gasteiger charge is -2.29. The van der Waals surface area contributed by atoms with E-state index in [1.165, 1.54) is 38.5 Å². The van der Waals surface area contributed by atoms with Crippen molar-refractivity contribution in [1.29, 1.82) is 0 Å². The van der Waals surface area contributed by atoms with Crippen molar-refractivity contribution in [3.05, 3.63) is 42.0 Å². The van der Waals surface area contributed by atoms with Crippen LogP contribution in [0.3, 0.4) is 0 Å². The van der Waals surface area contributed by atoms with Crippen LogP contribution in [-0.2, 0) is 14.8 Å². The van der Waals surface area contributed by atoms with Gasteiger partial charge in [0.2, 0.25) is 0 Å². The fraction of sp³-hybridized carbons (Fsp3) is 0.316. The van der Waals surface area contributed by atoms with Crippen LogP contribution in [0.2, 0.25) is 0 Å². The Bertz CT molecular complexity index is 1000. The molecule has 1 aliphatic heterocycles. The molecule has 1 heterocycles. The molecule has 1 amide bonds. The number of carbonyl (C=O) groups is 1. The molecule has 3 rings (SSSR count). The number of nitrogens with two attached hydrogens (primary N) is 1. The summed E-state index contributed by atoms with van der Waals surface area (Å²) in [5.74, 6) is -0.0579. The van der Waals surface area contributed by atoms with Crippen molar-refractivity contribution in [2.24, 2.45) is 5.73 Å². The maximum Gasteiger partial charge on any atom is 0.262 e. The molecule has 29 heavy (non-hydrogen) atoms. The van der Waals surface area contributed by atoms with Crippen LogP contribution in [0.25, 0.3) is 0 Å². The molecule has 1 saturated heterocycles. The van der Waals surface area contributed by atoms with Gasteiger partial charge >= 0.3 is 0 Å². The van der Waals surface area contributed by atoms with Crippen LogP contribution in [-0.4, -0.2) is 54.8 Å². The highest BCUT2D eigenvalue weighted by atomic mass is 32.2.